The molecule has 0 aliphatic carbocycles. The number of H-pyrrole nitrogens is 1. The van der Waals surface area contributed by atoms with Gasteiger partial charge < -0.3 is 10.4 Å². The van der Waals surface area contributed by atoms with Crippen molar-refractivity contribution < 1.29 is 18.3 Å². The summed E-state index contributed by atoms with van der Waals surface area (Å²) in [5.74, 6) is -0.417. The van der Waals surface area contributed by atoms with Gasteiger partial charge in [-0.3, -0.25) is 9.89 Å². The minimum absolute atomic E-state index is 0.0123. The fourth-order valence-corrected chi connectivity index (χ4v) is 3.85. The van der Waals surface area contributed by atoms with Gasteiger partial charge in [0.1, 0.15) is 11.4 Å². The predicted octanol–water partition coefficient (Wildman–Crippen LogP) is 2.93. The number of para-hydroxylation sites is 1. The number of amides is 1. The molecule has 11 heteroatoms. The van der Waals surface area contributed by atoms with Gasteiger partial charge in [0.2, 0.25) is 5.95 Å². The number of benzene rings is 2. The van der Waals surface area contributed by atoms with Crippen molar-refractivity contribution in [3.63, 3.8) is 0 Å². The molecule has 2 heterocycles. The minimum atomic E-state index is -3.87. The largest absolute Gasteiger partial charge is 0.507 e. The second-order valence-electron chi connectivity index (χ2n) is 6.79. The molecule has 4 rings (SSSR count). The lowest BCUT2D eigenvalue weighted by Gasteiger charge is -2.08. The number of carbonyl (C=O) groups excluding carboxylic acids is 1. The predicted molar refractivity (Wildman–Crippen MR) is 118 cm³/mol. The summed E-state index contributed by atoms with van der Waals surface area (Å²) in [6, 6.07) is 14.0. The molecule has 2 aromatic carbocycles. The summed E-state index contributed by atoms with van der Waals surface area (Å²) in [5, 5.41) is 19.6. The summed E-state index contributed by atoms with van der Waals surface area (Å²) in [6.45, 7) is 1.77. The molecule has 32 heavy (non-hydrogen) atoms. The summed E-state index contributed by atoms with van der Waals surface area (Å²) in [6.07, 6.45) is 2.84. The molecule has 0 radical (unpaired) electrons. The third kappa shape index (κ3) is 4.42. The molecule has 0 aliphatic rings. The molecule has 162 valence electrons. The van der Waals surface area contributed by atoms with Gasteiger partial charge in [0.05, 0.1) is 10.6 Å². The maximum Gasteiger partial charge on any atom is 0.273 e. The number of anilines is 2. The molecular formula is C21H18N6O4S. The molecule has 1 amide bonds. The number of phenolic OH excluding ortho intramolecular Hbond substituents is 1. The van der Waals surface area contributed by atoms with E-state index in [0.717, 1.165) is 0 Å². The van der Waals surface area contributed by atoms with Crippen molar-refractivity contribution in [3.8, 4) is 17.0 Å². The second kappa shape index (κ2) is 8.47. The number of hydrogen-bond donors (Lipinski definition) is 4. The van der Waals surface area contributed by atoms with Crippen LogP contribution in [0.5, 0.6) is 5.75 Å². The van der Waals surface area contributed by atoms with E-state index < -0.39 is 15.9 Å². The van der Waals surface area contributed by atoms with Crippen LogP contribution in [0.1, 0.15) is 16.1 Å². The van der Waals surface area contributed by atoms with E-state index in [0.29, 0.717) is 22.5 Å². The number of carbonyl (C=O) groups is 1. The number of aromatic hydroxyl groups is 1. The molecule has 0 bridgehead atoms. The molecule has 0 saturated heterocycles. The van der Waals surface area contributed by atoms with Gasteiger partial charge in [0.15, 0.2) is 0 Å². The Kier molecular flexibility index (Phi) is 5.56. The molecule has 0 atom stereocenters. The zero-order valence-corrected chi connectivity index (χ0v) is 17.6. The van der Waals surface area contributed by atoms with Crippen molar-refractivity contribution >= 4 is 27.6 Å². The van der Waals surface area contributed by atoms with Gasteiger partial charge >= 0.3 is 0 Å². The van der Waals surface area contributed by atoms with Gasteiger partial charge in [-0.2, -0.15) is 5.10 Å². The lowest BCUT2D eigenvalue weighted by Crippen LogP contribution is -2.15. The first-order chi connectivity index (χ1) is 15.3. The molecule has 0 aliphatic heterocycles. The highest BCUT2D eigenvalue weighted by Gasteiger charge is 2.17. The minimum Gasteiger partial charge on any atom is -0.507 e. The van der Waals surface area contributed by atoms with Crippen LogP contribution < -0.4 is 10.0 Å². The van der Waals surface area contributed by atoms with Gasteiger partial charge in [-0.1, -0.05) is 12.1 Å². The Morgan fingerprint density at radius 1 is 1.03 bits per heavy atom. The summed E-state index contributed by atoms with van der Waals surface area (Å²) in [7, 11) is -3.87. The van der Waals surface area contributed by atoms with Crippen LogP contribution in [0.15, 0.2) is 71.9 Å². The number of aromatic amines is 1. The fraction of sp³-hybridized carbons (Fsp3) is 0.0476. The molecule has 2 aromatic heterocycles. The molecule has 0 unspecified atom stereocenters. The summed E-state index contributed by atoms with van der Waals surface area (Å²) in [5.41, 5.74) is 2.19. The Hall–Kier alpha value is -4.25. The SMILES string of the molecule is Cc1cccc(-c2cc(C(=O)Nc3ccc(S(=O)(=O)Nc4ncccn4)cc3)[nH]n2)c1O. The van der Waals surface area contributed by atoms with E-state index in [1.165, 1.54) is 42.7 Å². The Bertz CT molecular complexity index is 1370. The average Bonchev–Trinajstić information content (AvgIpc) is 3.27. The average molecular weight is 450 g/mol. The number of rotatable bonds is 6. The molecular weight excluding hydrogens is 432 g/mol. The number of phenols is 1. The van der Waals surface area contributed by atoms with Crippen molar-refractivity contribution in [2.24, 2.45) is 0 Å². The van der Waals surface area contributed by atoms with E-state index in [4.69, 9.17) is 0 Å². The van der Waals surface area contributed by atoms with Crippen LogP contribution in [0.2, 0.25) is 0 Å². The topological polar surface area (TPSA) is 150 Å². The van der Waals surface area contributed by atoms with E-state index in [9.17, 15) is 18.3 Å². The lowest BCUT2D eigenvalue weighted by atomic mass is 10.1. The van der Waals surface area contributed by atoms with Gasteiger partial charge in [-0.05, 0) is 55.0 Å². The van der Waals surface area contributed by atoms with Crippen LogP contribution in [-0.2, 0) is 10.0 Å². The van der Waals surface area contributed by atoms with Crippen LogP contribution in [-0.4, -0.2) is 39.6 Å². The van der Waals surface area contributed by atoms with Crippen molar-refractivity contribution in [3.05, 3.63) is 78.2 Å². The van der Waals surface area contributed by atoms with E-state index in [1.54, 1.807) is 31.2 Å². The molecule has 0 fully saturated rings. The number of nitrogens with one attached hydrogen (secondary N) is 3. The van der Waals surface area contributed by atoms with Crippen LogP contribution in [0.4, 0.5) is 11.6 Å². The van der Waals surface area contributed by atoms with Crippen LogP contribution in [0, 0.1) is 6.92 Å². The molecule has 0 spiro atoms. The van der Waals surface area contributed by atoms with E-state index >= 15 is 0 Å². The van der Waals surface area contributed by atoms with Crippen LogP contribution >= 0.6 is 0 Å². The molecule has 4 aromatic rings. The maximum atomic E-state index is 12.5. The first-order valence-electron chi connectivity index (χ1n) is 9.39. The van der Waals surface area contributed by atoms with Gasteiger partial charge in [0, 0.05) is 23.6 Å². The Morgan fingerprint density at radius 2 is 1.75 bits per heavy atom. The number of aryl methyl sites for hydroxylation is 1. The zero-order chi connectivity index (χ0) is 22.7. The van der Waals surface area contributed by atoms with Crippen LogP contribution in [0.25, 0.3) is 11.3 Å². The number of hydrogen-bond acceptors (Lipinski definition) is 7. The molecule has 0 saturated carbocycles. The van der Waals surface area contributed by atoms with Crippen molar-refractivity contribution in [2.75, 3.05) is 10.0 Å². The summed E-state index contributed by atoms with van der Waals surface area (Å²) in [4.78, 5) is 20.2. The maximum absolute atomic E-state index is 12.5. The van der Waals surface area contributed by atoms with Crippen molar-refractivity contribution in [2.45, 2.75) is 11.8 Å². The first-order valence-corrected chi connectivity index (χ1v) is 10.9. The molecule has 10 nitrogen and oxygen atoms in total. The quantitative estimate of drug-likeness (QED) is 0.353. The van der Waals surface area contributed by atoms with Crippen LogP contribution in [0.3, 0.4) is 0 Å². The van der Waals surface area contributed by atoms with Crippen molar-refractivity contribution in [1.82, 2.24) is 20.2 Å². The van der Waals surface area contributed by atoms with E-state index in [-0.39, 0.29) is 22.3 Å². The van der Waals surface area contributed by atoms with E-state index in [1.807, 2.05) is 0 Å². The molecule has 4 N–H and O–H groups in total. The third-order valence-electron chi connectivity index (χ3n) is 4.55. The fourth-order valence-electron chi connectivity index (χ4n) is 2.89. The smallest absolute Gasteiger partial charge is 0.273 e. The van der Waals surface area contributed by atoms with Gasteiger partial charge in [0.25, 0.3) is 15.9 Å². The first kappa shape index (κ1) is 21.0. The van der Waals surface area contributed by atoms with Crippen molar-refractivity contribution in [1.29, 1.82) is 0 Å². The highest BCUT2D eigenvalue weighted by atomic mass is 32.2. The second-order valence-corrected chi connectivity index (χ2v) is 8.48. The number of nitrogens with zero attached hydrogens (tertiary/aromatic N) is 3. The van der Waals surface area contributed by atoms with Gasteiger partial charge in [-0.15, -0.1) is 0 Å². The lowest BCUT2D eigenvalue weighted by molar-refractivity contribution is 0.102. The third-order valence-corrected chi connectivity index (χ3v) is 5.89. The summed E-state index contributed by atoms with van der Waals surface area (Å²) >= 11 is 0. The Labute approximate surface area is 183 Å². The summed E-state index contributed by atoms with van der Waals surface area (Å²) < 4.78 is 27.1. The standard InChI is InChI=1S/C21H18N6O4S/c1-13-4-2-5-16(19(13)28)17-12-18(26-25-17)20(29)24-14-6-8-15(9-7-14)32(30,31)27-21-22-10-3-11-23-21/h2-12,28H,1H3,(H,24,29)(H,25,26)(H,22,23,27). The highest BCUT2D eigenvalue weighted by molar-refractivity contribution is 7.92. The number of sulfonamides is 1. The zero-order valence-electron chi connectivity index (χ0n) is 16.8. The highest BCUT2D eigenvalue weighted by Crippen LogP contribution is 2.30. The monoisotopic (exact) mass is 450 g/mol. The Morgan fingerprint density at radius 3 is 2.47 bits per heavy atom. The Balaban J connectivity index is 1.46. The number of aromatic nitrogens is 4. The van der Waals surface area contributed by atoms with E-state index in [2.05, 4.69) is 30.2 Å². The normalized spacial score (nSPS) is 11.2. The van der Waals surface area contributed by atoms with Gasteiger partial charge in [-0.25, -0.2) is 23.1 Å².